The van der Waals surface area contributed by atoms with Crippen molar-refractivity contribution in [3.05, 3.63) is 29.3 Å². The molecule has 4 N–H and O–H groups in total. The number of hydrogen-bond donors (Lipinski definition) is 4. The minimum Gasteiger partial charge on any atom is -0.478 e. The minimum atomic E-state index is -1.25. The Bertz CT molecular complexity index is 546. The van der Waals surface area contributed by atoms with Crippen molar-refractivity contribution in [1.29, 1.82) is 0 Å². The van der Waals surface area contributed by atoms with E-state index >= 15 is 0 Å². The quantitative estimate of drug-likeness (QED) is 0.662. The van der Waals surface area contributed by atoms with Crippen molar-refractivity contribution >= 4 is 23.5 Å². The molecule has 1 aromatic carbocycles. The van der Waals surface area contributed by atoms with E-state index in [0.29, 0.717) is 6.42 Å². The highest BCUT2D eigenvalue weighted by molar-refractivity contribution is 5.99. The monoisotopic (exact) mass is 292 g/mol. The predicted octanol–water partition coefficient (Wildman–Crippen LogP) is 1.16. The number of anilines is 1. The van der Waals surface area contributed by atoms with E-state index in [9.17, 15) is 14.4 Å². The van der Waals surface area contributed by atoms with Gasteiger partial charge in [-0.05, 0) is 37.6 Å². The number of amides is 1. The molecule has 2 rings (SSSR count). The van der Waals surface area contributed by atoms with Crippen LogP contribution in [0.4, 0.5) is 5.69 Å². The van der Waals surface area contributed by atoms with E-state index in [1.807, 2.05) is 0 Å². The van der Waals surface area contributed by atoms with E-state index in [1.54, 1.807) is 0 Å². The zero-order valence-corrected chi connectivity index (χ0v) is 11.3. The number of piperidine rings is 1. The molecule has 1 amide bonds. The predicted molar refractivity (Wildman–Crippen MR) is 74.6 cm³/mol. The van der Waals surface area contributed by atoms with Gasteiger partial charge in [0.15, 0.2) is 0 Å². The van der Waals surface area contributed by atoms with E-state index in [-0.39, 0.29) is 28.8 Å². The van der Waals surface area contributed by atoms with E-state index < -0.39 is 11.9 Å². The second kappa shape index (κ2) is 6.36. The molecule has 1 aliphatic rings. The first-order valence-corrected chi connectivity index (χ1v) is 6.63. The fourth-order valence-electron chi connectivity index (χ4n) is 2.25. The van der Waals surface area contributed by atoms with E-state index in [4.69, 9.17) is 10.2 Å². The Labute approximate surface area is 121 Å². The van der Waals surface area contributed by atoms with Crippen molar-refractivity contribution in [2.45, 2.75) is 25.3 Å². The van der Waals surface area contributed by atoms with Gasteiger partial charge < -0.3 is 20.8 Å². The lowest BCUT2D eigenvalue weighted by Gasteiger charge is -2.22. The van der Waals surface area contributed by atoms with Crippen molar-refractivity contribution in [2.24, 2.45) is 0 Å². The van der Waals surface area contributed by atoms with Gasteiger partial charge in [-0.25, -0.2) is 9.59 Å². The van der Waals surface area contributed by atoms with Gasteiger partial charge in [0.25, 0.3) is 0 Å². The van der Waals surface area contributed by atoms with Gasteiger partial charge in [-0.1, -0.05) is 6.42 Å². The molecule has 0 aliphatic carbocycles. The minimum absolute atomic E-state index is 0.171. The SMILES string of the molecule is O=C(O)c1cc(NC(=O)[C@H]2CCCCN2)cc(C(=O)O)c1. The first kappa shape index (κ1) is 15.0. The number of aromatic carboxylic acids is 2. The third kappa shape index (κ3) is 3.79. The molecule has 0 aromatic heterocycles. The van der Waals surface area contributed by atoms with Crippen molar-refractivity contribution in [1.82, 2.24) is 5.32 Å². The lowest BCUT2D eigenvalue weighted by molar-refractivity contribution is -0.118. The number of hydrogen-bond acceptors (Lipinski definition) is 4. The molecule has 0 saturated carbocycles. The summed E-state index contributed by atoms with van der Waals surface area (Å²) in [6, 6.07) is 3.21. The second-order valence-electron chi connectivity index (χ2n) is 4.90. The fourth-order valence-corrected chi connectivity index (χ4v) is 2.25. The maximum atomic E-state index is 12.1. The fraction of sp³-hybridized carbons (Fsp3) is 0.357. The molecule has 0 radical (unpaired) electrons. The second-order valence-corrected chi connectivity index (χ2v) is 4.90. The largest absolute Gasteiger partial charge is 0.478 e. The number of carbonyl (C=O) groups is 3. The molecule has 1 heterocycles. The van der Waals surface area contributed by atoms with Crippen LogP contribution in [0.15, 0.2) is 18.2 Å². The third-order valence-electron chi connectivity index (χ3n) is 3.32. The van der Waals surface area contributed by atoms with Crippen LogP contribution in [-0.4, -0.2) is 40.6 Å². The van der Waals surface area contributed by atoms with Crippen LogP contribution in [-0.2, 0) is 4.79 Å². The highest BCUT2D eigenvalue weighted by atomic mass is 16.4. The lowest BCUT2D eigenvalue weighted by Crippen LogP contribution is -2.43. The molecule has 1 aliphatic heterocycles. The molecule has 1 fully saturated rings. The summed E-state index contributed by atoms with van der Waals surface area (Å²) in [7, 11) is 0. The van der Waals surface area contributed by atoms with Gasteiger partial charge in [-0.2, -0.15) is 0 Å². The molecule has 1 aromatic rings. The summed E-state index contributed by atoms with van der Waals surface area (Å²) in [6.45, 7) is 0.758. The Morgan fingerprint density at radius 1 is 1.05 bits per heavy atom. The maximum absolute atomic E-state index is 12.1. The third-order valence-corrected chi connectivity index (χ3v) is 3.32. The number of rotatable bonds is 4. The Morgan fingerprint density at radius 2 is 1.67 bits per heavy atom. The van der Waals surface area contributed by atoms with Crippen molar-refractivity contribution in [2.75, 3.05) is 11.9 Å². The number of carboxylic acids is 2. The summed E-state index contributed by atoms with van der Waals surface area (Å²) < 4.78 is 0. The molecule has 0 unspecified atom stereocenters. The van der Waals surface area contributed by atoms with Crippen LogP contribution in [0.5, 0.6) is 0 Å². The Kier molecular flexibility index (Phi) is 4.54. The lowest BCUT2D eigenvalue weighted by atomic mass is 10.0. The summed E-state index contributed by atoms with van der Waals surface area (Å²) in [5.74, 6) is -2.78. The topological polar surface area (TPSA) is 116 Å². The van der Waals surface area contributed by atoms with E-state index in [2.05, 4.69) is 10.6 Å². The molecule has 21 heavy (non-hydrogen) atoms. The van der Waals surface area contributed by atoms with Crippen molar-refractivity contribution in [3.8, 4) is 0 Å². The normalized spacial score (nSPS) is 18.0. The average Bonchev–Trinajstić information content (AvgIpc) is 2.47. The molecule has 7 nitrogen and oxygen atoms in total. The molecule has 0 bridgehead atoms. The number of carbonyl (C=O) groups excluding carboxylic acids is 1. The van der Waals surface area contributed by atoms with Gasteiger partial charge in [0.05, 0.1) is 17.2 Å². The zero-order valence-electron chi connectivity index (χ0n) is 11.3. The van der Waals surface area contributed by atoms with Crippen LogP contribution in [0.25, 0.3) is 0 Å². The van der Waals surface area contributed by atoms with Gasteiger partial charge >= 0.3 is 11.9 Å². The van der Waals surface area contributed by atoms with Crippen LogP contribution >= 0.6 is 0 Å². The maximum Gasteiger partial charge on any atom is 0.335 e. The molecular formula is C14H16N2O5. The zero-order chi connectivity index (χ0) is 15.4. The van der Waals surface area contributed by atoms with Gasteiger partial charge in [-0.3, -0.25) is 4.79 Å². The molecule has 7 heteroatoms. The van der Waals surface area contributed by atoms with Crippen LogP contribution < -0.4 is 10.6 Å². The summed E-state index contributed by atoms with van der Waals surface area (Å²) >= 11 is 0. The van der Waals surface area contributed by atoms with Gasteiger partial charge in [0, 0.05) is 5.69 Å². The Hall–Kier alpha value is -2.41. The Morgan fingerprint density at radius 3 is 2.14 bits per heavy atom. The van der Waals surface area contributed by atoms with Gasteiger partial charge in [-0.15, -0.1) is 0 Å². The highest BCUT2D eigenvalue weighted by Gasteiger charge is 2.21. The van der Waals surface area contributed by atoms with Crippen molar-refractivity contribution in [3.63, 3.8) is 0 Å². The van der Waals surface area contributed by atoms with Gasteiger partial charge in [0.1, 0.15) is 0 Å². The first-order valence-electron chi connectivity index (χ1n) is 6.63. The number of benzene rings is 1. The molecule has 112 valence electrons. The van der Waals surface area contributed by atoms with Crippen LogP contribution in [0.3, 0.4) is 0 Å². The van der Waals surface area contributed by atoms with Crippen molar-refractivity contribution < 1.29 is 24.6 Å². The molecule has 1 atom stereocenters. The summed E-state index contributed by atoms with van der Waals surface area (Å²) in [5.41, 5.74) is -0.187. The number of carboxylic acid groups (broad SMARTS) is 2. The summed E-state index contributed by atoms with van der Waals surface area (Å²) in [5, 5.41) is 23.6. The molecular weight excluding hydrogens is 276 g/mol. The van der Waals surface area contributed by atoms with Gasteiger partial charge in [0.2, 0.25) is 5.91 Å². The van der Waals surface area contributed by atoms with Crippen LogP contribution in [0.2, 0.25) is 0 Å². The first-order chi connectivity index (χ1) is 9.97. The van der Waals surface area contributed by atoms with Crippen LogP contribution in [0, 0.1) is 0 Å². The smallest absolute Gasteiger partial charge is 0.335 e. The summed E-state index contributed by atoms with van der Waals surface area (Å²) in [6.07, 6.45) is 2.66. The summed E-state index contributed by atoms with van der Waals surface area (Å²) in [4.78, 5) is 34.1. The van der Waals surface area contributed by atoms with E-state index in [1.165, 1.54) is 12.1 Å². The molecule has 0 spiro atoms. The highest BCUT2D eigenvalue weighted by Crippen LogP contribution is 2.17. The van der Waals surface area contributed by atoms with E-state index in [0.717, 1.165) is 25.5 Å². The standard InChI is InChI=1S/C14H16N2O5/c17-12(11-3-1-2-4-15-11)16-10-6-8(13(18)19)5-9(7-10)14(20)21/h5-7,11,15H,1-4H2,(H,16,17)(H,18,19)(H,20,21)/t11-/m1/s1. The number of nitrogens with one attached hydrogen (secondary N) is 2. The average molecular weight is 292 g/mol. The van der Waals surface area contributed by atoms with Crippen LogP contribution in [0.1, 0.15) is 40.0 Å². The molecule has 1 saturated heterocycles. The Balaban J connectivity index is 2.20.